The van der Waals surface area contributed by atoms with Crippen LogP contribution in [0, 0.1) is 11.8 Å². The van der Waals surface area contributed by atoms with Crippen molar-refractivity contribution in [3.05, 3.63) is 29.8 Å². The molecular formula is C18H23NO3. The number of nitrogens with zero attached hydrogens (tertiary/aromatic N) is 1. The number of aliphatic carboxylic acids is 1. The summed E-state index contributed by atoms with van der Waals surface area (Å²) < 4.78 is 0. The summed E-state index contributed by atoms with van der Waals surface area (Å²) in [7, 11) is 0. The fourth-order valence-corrected chi connectivity index (χ4v) is 3.78. The van der Waals surface area contributed by atoms with Crippen LogP contribution in [-0.4, -0.2) is 23.5 Å². The van der Waals surface area contributed by atoms with Crippen molar-refractivity contribution in [3.8, 4) is 0 Å². The molecule has 0 radical (unpaired) electrons. The zero-order chi connectivity index (χ0) is 15.5. The molecule has 1 aromatic rings. The molecule has 0 saturated heterocycles. The number of hydrogen-bond donors (Lipinski definition) is 1. The van der Waals surface area contributed by atoms with Crippen molar-refractivity contribution < 1.29 is 14.7 Å². The molecule has 4 nitrogen and oxygen atoms in total. The lowest BCUT2D eigenvalue weighted by atomic mass is 9.94. The Bertz CT molecular complexity index is 569. The molecule has 22 heavy (non-hydrogen) atoms. The van der Waals surface area contributed by atoms with Gasteiger partial charge in [-0.1, -0.05) is 24.6 Å². The molecular weight excluding hydrogens is 278 g/mol. The van der Waals surface area contributed by atoms with E-state index in [0.29, 0.717) is 19.3 Å². The Morgan fingerprint density at radius 2 is 1.73 bits per heavy atom. The van der Waals surface area contributed by atoms with Crippen LogP contribution in [0.4, 0.5) is 5.69 Å². The zero-order valence-corrected chi connectivity index (χ0v) is 12.8. The number of carbonyl (C=O) groups is 2. The highest BCUT2D eigenvalue weighted by Gasteiger charge is 2.31. The molecule has 1 heterocycles. The molecule has 0 bridgehead atoms. The molecule has 1 aromatic carbocycles. The number of anilines is 1. The van der Waals surface area contributed by atoms with Crippen LogP contribution in [0.15, 0.2) is 24.3 Å². The molecule has 1 saturated carbocycles. The van der Waals surface area contributed by atoms with E-state index in [2.05, 4.69) is 6.07 Å². The fraction of sp³-hybridized carbons (Fsp3) is 0.556. The van der Waals surface area contributed by atoms with E-state index in [1.165, 1.54) is 5.56 Å². The molecule has 118 valence electrons. The fourth-order valence-electron chi connectivity index (χ4n) is 3.78. The second kappa shape index (κ2) is 6.51. The number of amides is 1. The number of carbonyl (C=O) groups excluding carboxylic acids is 1. The average molecular weight is 301 g/mol. The zero-order valence-electron chi connectivity index (χ0n) is 12.8. The number of rotatable bonds is 2. The van der Waals surface area contributed by atoms with Crippen LogP contribution in [0.25, 0.3) is 0 Å². The summed E-state index contributed by atoms with van der Waals surface area (Å²) >= 11 is 0. The number of benzene rings is 1. The minimum absolute atomic E-state index is 0.0180. The topological polar surface area (TPSA) is 57.6 Å². The molecule has 0 spiro atoms. The third-order valence-electron chi connectivity index (χ3n) is 5.04. The van der Waals surface area contributed by atoms with Crippen molar-refractivity contribution >= 4 is 17.6 Å². The van der Waals surface area contributed by atoms with E-state index in [9.17, 15) is 14.7 Å². The number of aryl methyl sites for hydroxylation is 1. The van der Waals surface area contributed by atoms with E-state index in [0.717, 1.165) is 37.9 Å². The van der Waals surface area contributed by atoms with Gasteiger partial charge in [-0.25, -0.2) is 0 Å². The van der Waals surface area contributed by atoms with Gasteiger partial charge >= 0.3 is 5.97 Å². The first-order valence-electron chi connectivity index (χ1n) is 8.29. The second-order valence-electron chi connectivity index (χ2n) is 6.46. The highest BCUT2D eigenvalue weighted by Crippen LogP contribution is 2.33. The van der Waals surface area contributed by atoms with Gasteiger partial charge in [-0.3, -0.25) is 9.59 Å². The highest BCUT2D eigenvalue weighted by molar-refractivity contribution is 5.96. The van der Waals surface area contributed by atoms with Gasteiger partial charge in [-0.05, 0) is 50.2 Å². The molecule has 2 aliphatic rings. The van der Waals surface area contributed by atoms with Gasteiger partial charge in [0.25, 0.3) is 0 Å². The Labute approximate surface area is 131 Å². The van der Waals surface area contributed by atoms with Crippen LogP contribution in [0.3, 0.4) is 0 Å². The van der Waals surface area contributed by atoms with E-state index in [4.69, 9.17) is 0 Å². The lowest BCUT2D eigenvalue weighted by molar-refractivity contribution is -0.142. The van der Waals surface area contributed by atoms with Crippen molar-refractivity contribution in [3.63, 3.8) is 0 Å². The molecule has 3 rings (SSSR count). The predicted octanol–water partition coefficient (Wildman–Crippen LogP) is 3.25. The standard InChI is InChI=1S/C18H23NO3/c20-17(14-6-3-7-15(11-10-14)18(21)22)19-12-4-8-13-5-1-2-9-16(13)19/h1-2,5,9,14-15H,3-4,6-8,10-12H2,(H,21,22). The van der Waals surface area contributed by atoms with Crippen molar-refractivity contribution in [1.82, 2.24) is 0 Å². The lowest BCUT2D eigenvalue weighted by Crippen LogP contribution is -2.39. The summed E-state index contributed by atoms with van der Waals surface area (Å²) in [6, 6.07) is 8.14. The van der Waals surface area contributed by atoms with Gasteiger partial charge in [0.15, 0.2) is 0 Å². The minimum Gasteiger partial charge on any atom is -0.481 e. The number of carboxylic acids is 1. The maximum atomic E-state index is 12.9. The van der Waals surface area contributed by atoms with E-state index in [-0.39, 0.29) is 17.7 Å². The average Bonchev–Trinajstić information content (AvgIpc) is 2.80. The SMILES string of the molecule is O=C(O)C1CCCC(C(=O)N2CCCc3ccccc32)CC1. The Hall–Kier alpha value is -1.84. The van der Waals surface area contributed by atoms with Gasteiger partial charge in [-0.2, -0.15) is 0 Å². The summed E-state index contributed by atoms with van der Waals surface area (Å²) in [4.78, 5) is 26.0. The van der Waals surface area contributed by atoms with Crippen molar-refractivity contribution in [2.24, 2.45) is 11.8 Å². The molecule has 2 unspecified atom stereocenters. The van der Waals surface area contributed by atoms with E-state index in [1.54, 1.807) is 0 Å². The highest BCUT2D eigenvalue weighted by atomic mass is 16.4. The predicted molar refractivity (Wildman–Crippen MR) is 84.8 cm³/mol. The number of carboxylic acid groups (broad SMARTS) is 1. The molecule has 1 N–H and O–H groups in total. The van der Waals surface area contributed by atoms with E-state index >= 15 is 0 Å². The summed E-state index contributed by atoms with van der Waals surface area (Å²) in [5.74, 6) is -0.809. The summed E-state index contributed by atoms with van der Waals surface area (Å²) in [5, 5.41) is 9.17. The minimum atomic E-state index is -0.712. The first-order valence-corrected chi connectivity index (χ1v) is 8.29. The Morgan fingerprint density at radius 3 is 2.55 bits per heavy atom. The molecule has 1 aliphatic heterocycles. The first kappa shape index (κ1) is 15.1. The van der Waals surface area contributed by atoms with Gasteiger partial charge < -0.3 is 10.0 Å². The maximum absolute atomic E-state index is 12.9. The van der Waals surface area contributed by atoms with Crippen molar-refractivity contribution in [1.29, 1.82) is 0 Å². The Kier molecular flexibility index (Phi) is 4.46. The van der Waals surface area contributed by atoms with Gasteiger partial charge in [0, 0.05) is 18.2 Å². The van der Waals surface area contributed by atoms with Crippen molar-refractivity contribution in [2.45, 2.75) is 44.9 Å². The number of hydrogen-bond acceptors (Lipinski definition) is 2. The van der Waals surface area contributed by atoms with Gasteiger partial charge in [0.1, 0.15) is 0 Å². The summed E-state index contributed by atoms with van der Waals surface area (Å²) in [6.07, 6.45) is 5.73. The van der Waals surface area contributed by atoms with E-state index in [1.807, 2.05) is 23.1 Å². The van der Waals surface area contributed by atoms with Crippen LogP contribution in [-0.2, 0) is 16.0 Å². The van der Waals surface area contributed by atoms with Gasteiger partial charge in [0.2, 0.25) is 5.91 Å². The number of fused-ring (bicyclic) bond motifs is 1. The van der Waals surface area contributed by atoms with E-state index < -0.39 is 5.97 Å². The van der Waals surface area contributed by atoms with Crippen LogP contribution in [0.2, 0.25) is 0 Å². The third-order valence-corrected chi connectivity index (χ3v) is 5.04. The number of para-hydroxylation sites is 1. The lowest BCUT2D eigenvalue weighted by Gasteiger charge is -2.32. The summed E-state index contributed by atoms with van der Waals surface area (Å²) in [5.41, 5.74) is 2.30. The third kappa shape index (κ3) is 3.01. The van der Waals surface area contributed by atoms with Crippen molar-refractivity contribution in [2.75, 3.05) is 11.4 Å². The smallest absolute Gasteiger partial charge is 0.306 e. The first-order chi connectivity index (χ1) is 10.7. The Morgan fingerprint density at radius 1 is 1.00 bits per heavy atom. The molecule has 2 atom stereocenters. The largest absolute Gasteiger partial charge is 0.481 e. The quantitative estimate of drug-likeness (QED) is 0.853. The van der Waals surface area contributed by atoms with Crippen LogP contribution < -0.4 is 4.90 Å². The van der Waals surface area contributed by atoms with Crippen LogP contribution in [0.1, 0.15) is 44.1 Å². The van der Waals surface area contributed by atoms with Gasteiger partial charge in [0.05, 0.1) is 5.92 Å². The summed E-state index contributed by atoms with van der Waals surface area (Å²) in [6.45, 7) is 0.786. The van der Waals surface area contributed by atoms with Gasteiger partial charge in [-0.15, -0.1) is 0 Å². The van der Waals surface area contributed by atoms with Crippen LogP contribution >= 0.6 is 0 Å². The second-order valence-corrected chi connectivity index (χ2v) is 6.46. The maximum Gasteiger partial charge on any atom is 0.306 e. The monoisotopic (exact) mass is 301 g/mol. The molecule has 1 amide bonds. The van der Waals surface area contributed by atoms with Crippen LogP contribution in [0.5, 0.6) is 0 Å². The molecule has 1 aliphatic carbocycles. The normalized spacial score (nSPS) is 25.2. The molecule has 0 aromatic heterocycles. The molecule has 4 heteroatoms. The molecule has 1 fully saturated rings. The Balaban J connectivity index is 1.73.